The summed E-state index contributed by atoms with van der Waals surface area (Å²) in [6.07, 6.45) is 4.06. The summed E-state index contributed by atoms with van der Waals surface area (Å²) in [6, 6.07) is 16.7. The zero-order chi connectivity index (χ0) is 16.1. The fraction of sp³-hybridized carbons (Fsp3) is 0.0952. The van der Waals surface area contributed by atoms with Gasteiger partial charge < -0.3 is 9.47 Å². The number of aryl methyl sites for hydroxylation is 1. The van der Waals surface area contributed by atoms with Crippen molar-refractivity contribution in [1.29, 1.82) is 0 Å². The molecule has 3 heteroatoms. The molecule has 2 aliphatic rings. The van der Waals surface area contributed by atoms with Crippen LogP contribution in [-0.2, 0) is 0 Å². The van der Waals surface area contributed by atoms with Gasteiger partial charge in [0.25, 0.3) is 0 Å². The summed E-state index contributed by atoms with van der Waals surface area (Å²) in [6.45, 7) is 2.42. The van der Waals surface area contributed by atoms with Crippen molar-refractivity contribution in [3.63, 3.8) is 0 Å². The first-order chi connectivity index (χ1) is 11.8. The molecule has 0 unspecified atom stereocenters. The molecule has 0 radical (unpaired) electrons. The van der Waals surface area contributed by atoms with E-state index in [1.54, 1.807) is 0 Å². The molecule has 24 heavy (non-hydrogen) atoms. The number of benzene rings is 2. The minimum Gasteiger partial charge on any atom is -0.454 e. The Morgan fingerprint density at radius 2 is 1.83 bits per heavy atom. The smallest absolute Gasteiger partial charge is 0.231 e. The monoisotopic (exact) mass is 313 g/mol. The van der Waals surface area contributed by atoms with E-state index in [4.69, 9.17) is 9.47 Å². The topological polar surface area (TPSA) is 31.4 Å². The van der Waals surface area contributed by atoms with Crippen molar-refractivity contribution in [1.82, 2.24) is 4.98 Å². The second-order valence-electron chi connectivity index (χ2n) is 6.12. The first-order valence-electron chi connectivity index (χ1n) is 7.98. The zero-order valence-corrected chi connectivity index (χ0v) is 13.2. The predicted octanol–water partition coefficient (Wildman–Crippen LogP) is 4.69. The molecule has 0 fully saturated rings. The average molecular weight is 313 g/mol. The van der Waals surface area contributed by atoms with Gasteiger partial charge in [0, 0.05) is 17.3 Å². The van der Waals surface area contributed by atoms with Gasteiger partial charge in [-0.15, -0.1) is 0 Å². The number of hydrogen-bond donors (Lipinski definition) is 0. The van der Waals surface area contributed by atoms with Gasteiger partial charge in [-0.25, -0.2) is 0 Å². The number of pyridine rings is 1. The highest BCUT2D eigenvalue weighted by Gasteiger charge is 2.24. The highest BCUT2D eigenvalue weighted by atomic mass is 16.7. The average Bonchev–Trinajstić information content (AvgIpc) is 3.18. The maximum absolute atomic E-state index is 5.50. The van der Waals surface area contributed by atoms with E-state index in [2.05, 4.69) is 48.3 Å². The van der Waals surface area contributed by atoms with Crippen LogP contribution in [0, 0.1) is 6.92 Å². The molecular weight excluding hydrogens is 298 g/mol. The summed E-state index contributed by atoms with van der Waals surface area (Å²) in [7, 11) is 0. The van der Waals surface area contributed by atoms with Gasteiger partial charge in [-0.3, -0.25) is 4.98 Å². The number of hydrogen-bond acceptors (Lipinski definition) is 3. The molecule has 1 aliphatic carbocycles. The van der Waals surface area contributed by atoms with Crippen LogP contribution in [0.25, 0.3) is 22.9 Å². The molecule has 2 heterocycles. The molecule has 3 nitrogen and oxygen atoms in total. The maximum atomic E-state index is 5.50. The first kappa shape index (κ1) is 13.4. The third-order valence-corrected chi connectivity index (χ3v) is 4.53. The lowest BCUT2D eigenvalue weighted by Crippen LogP contribution is -1.92. The third-order valence-electron chi connectivity index (χ3n) is 4.53. The van der Waals surface area contributed by atoms with Crippen LogP contribution in [0.15, 0.2) is 54.7 Å². The normalized spacial score (nSPS) is 15.5. The zero-order valence-electron chi connectivity index (χ0n) is 13.2. The quantitative estimate of drug-likeness (QED) is 0.511. The van der Waals surface area contributed by atoms with E-state index in [-0.39, 0.29) is 0 Å². The number of fused-ring (bicyclic) bond motifs is 4. The lowest BCUT2D eigenvalue weighted by Gasteiger charge is -2.05. The van der Waals surface area contributed by atoms with Crippen molar-refractivity contribution in [3.05, 3.63) is 77.0 Å². The van der Waals surface area contributed by atoms with Gasteiger partial charge in [-0.05, 0) is 47.9 Å². The Labute approximate surface area is 140 Å². The number of ether oxygens (including phenoxy) is 2. The summed E-state index contributed by atoms with van der Waals surface area (Å²) in [5, 5.41) is 0. The van der Waals surface area contributed by atoms with Gasteiger partial charge in [-0.1, -0.05) is 35.9 Å². The van der Waals surface area contributed by atoms with Crippen molar-refractivity contribution in [2.75, 3.05) is 6.79 Å². The number of rotatable bonds is 1. The first-order valence-corrected chi connectivity index (χ1v) is 7.98. The lowest BCUT2D eigenvalue weighted by atomic mass is 10.00. The van der Waals surface area contributed by atoms with Crippen LogP contribution in [0.4, 0.5) is 0 Å². The van der Waals surface area contributed by atoms with E-state index < -0.39 is 0 Å². The van der Waals surface area contributed by atoms with Gasteiger partial charge in [-0.2, -0.15) is 0 Å². The molecule has 0 bridgehead atoms. The van der Waals surface area contributed by atoms with E-state index in [1.807, 2.05) is 24.4 Å². The summed E-state index contributed by atoms with van der Waals surface area (Å²) in [5.74, 6) is 1.61. The molecule has 1 aromatic heterocycles. The van der Waals surface area contributed by atoms with E-state index >= 15 is 0 Å². The van der Waals surface area contributed by atoms with E-state index in [0.29, 0.717) is 6.79 Å². The van der Waals surface area contributed by atoms with Crippen molar-refractivity contribution in [2.24, 2.45) is 0 Å². The summed E-state index contributed by atoms with van der Waals surface area (Å²) in [4.78, 5) is 4.59. The molecule has 3 aromatic rings. The van der Waals surface area contributed by atoms with E-state index in [1.165, 1.54) is 27.8 Å². The molecule has 0 atom stereocenters. The van der Waals surface area contributed by atoms with Gasteiger partial charge in [0.2, 0.25) is 6.79 Å². The van der Waals surface area contributed by atoms with E-state index in [0.717, 1.165) is 22.8 Å². The third kappa shape index (κ3) is 1.95. The van der Waals surface area contributed by atoms with Crippen LogP contribution in [-0.4, -0.2) is 11.8 Å². The fourth-order valence-electron chi connectivity index (χ4n) is 3.39. The molecule has 0 saturated heterocycles. The Morgan fingerprint density at radius 1 is 0.917 bits per heavy atom. The predicted molar refractivity (Wildman–Crippen MR) is 93.9 cm³/mol. The number of nitrogens with zero attached hydrogens (tertiary/aromatic N) is 1. The van der Waals surface area contributed by atoms with Crippen LogP contribution in [0.2, 0.25) is 0 Å². The minimum absolute atomic E-state index is 0.296. The second kappa shape index (κ2) is 4.96. The van der Waals surface area contributed by atoms with Gasteiger partial charge in [0.15, 0.2) is 11.5 Å². The van der Waals surface area contributed by atoms with Gasteiger partial charge in [0.1, 0.15) is 0 Å². The molecule has 0 amide bonds. The van der Waals surface area contributed by atoms with Crippen LogP contribution >= 0.6 is 0 Å². The summed E-state index contributed by atoms with van der Waals surface area (Å²) >= 11 is 0. The van der Waals surface area contributed by atoms with E-state index in [9.17, 15) is 0 Å². The maximum Gasteiger partial charge on any atom is 0.231 e. The summed E-state index contributed by atoms with van der Waals surface area (Å²) in [5.41, 5.74) is 8.21. The molecule has 2 aromatic carbocycles. The van der Waals surface area contributed by atoms with Gasteiger partial charge in [0.05, 0.1) is 5.69 Å². The van der Waals surface area contributed by atoms with Crippen molar-refractivity contribution >= 4 is 11.6 Å². The molecule has 0 N–H and O–H groups in total. The number of aromatic nitrogens is 1. The standard InChI is InChI=1S/C21H15NO2/c1-13-4-6-16-17(9-13)18(15-3-2-8-22-21(15)16)10-14-5-7-19-20(11-14)24-12-23-19/h2-11H,12H2,1H3. The highest BCUT2D eigenvalue weighted by molar-refractivity contribution is 6.05. The molecule has 116 valence electrons. The second-order valence-corrected chi connectivity index (χ2v) is 6.12. The molecule has 0 spiro atoms. The van der Waals surface area contributed by atoms with Gasteiger partial charge >= 0.3 is 0 Å². The molecule has 0 saturated carbocycles. The lowest BCUT2D eigenvalue weighted by molar-refractivity contribution is 0.174. The van der Waals surface area contributed by atoms with Crippen LogP contribution in [0.5, 0.6) is 11.5 Å². The molecule has 1 aliphatic heterocycles. The van der Waals surface area contributed by atoms with Crippen molar-refractivity contribution in [3.8, 4) is 22.8 Å². The minimum atomic E-state index is 0.296. The Bertz CT molecular complexity index is 1000. The highest BCUT2D eigenvalue weighted by Crippen LogP contribution is 2.44. The largest absolute Gasteiger partial charge is 0.454 e. The molecule has 5 rings (SSSR count). The van der Waals surface area contributed by atoms with Crippen molar-refractivity contribution in [2.45, 2.75) is 6.92 Å². The summed E-state index contributed by atoms with van der Waals surface area (Å²) < 4.78 is 10.9. The van der Waals surface area contributed by atoms with Crippen molar-refractivity contribution < 1.29 is 9.47 Å². The van der Waals surface area contributed by atoms with Crippen LogP contribution in [0.1, 0.15) is 22.3 Å². The SMILES string of the molecule is Cc1ccc2c(c1)C(=Cc1ccc3c(c1)OCO3)c1cccnc1-2. The Morgan fingerprint density at radius 3 is 2.79 bits per heavy atom. The Balaban J connectivity index is 1.71. The fourth-order valence-corrected chi connectivity index (χ4v) is 3.39. The van der Waals surface area contributed by atoms with Crippen LogP contribution in [0.3, 0.4) is 0 Å². The molecular formula is C21H15NO2. The Kier molecular flexibility index (Phi) is 2.77. The Hall–Kier alpha value is -3.07. The van der Waals surface area contributed by atoms with Crippen LogP contribution < -0.4 is 9.47 Å².